The average molecular weight is 159 g/mol. The molecule has 4 nitrogen and oxygen atoms in total. The Morgan fingerprint density at radius 2 is 2.45 bits per heavy atom. The zero-order valence-electron chi connectivity index (χ0n) is 6.62. The van der Waals surface area contributed by atoms with Gasteiger partial charge in [0.1, 0.15) is 6.61 Å². The summed E-state index contributed by atoms with van der Waals surface area (Å²) in [6.07, 6.45) is 1.05. The van der Waals surface area contributed by atoms with Crippen molar-refractivity contribution in [2.24, 2.45) is 0 Å². The average Bonchev–Trinajstić information content (AvgIpc) is 2.00. The smallest absolute Gasteiger partial charge is 0.409 e. The lowest BCUT2D eigenvalue weighted by Gasteiger charge is -2.14. The minimum Gasteiger partial charge on any atom is -0.445 e. The highest BCUT2D eigenvalue weighted by atomic mass is 16.6. The molecule has 1 amide bonds. The van der Waals surface area contributed by atoms with Crippen LogP contribution in [0.5, 0.6) is 0 Å². The van der Waals surface area contributed by atoms with Crippen LogP contribution < -0.4 is 0 Å². The highest BCUT2D eigenvalue weighted by molar-refractivity contribution is 5.67. The van der Waals surface area contributed by atoms with Gasteiger partial charge in [0.15, 0.2) is 0 Å². The predicted octanol–water partition coefficient (Wildman–Crippen LogP) is 0.233. The van der Waals surface area contributed by atoms with E-state index < -0.39 is 6.09 Å². The fraction of sp³-hybridized carbons (Fsp3) is 0.571. The van der Waals surface area contributed by atoms with Gasteiger partial charge in [0.05, 0.1) is 6.61 Å². The van der Waals surface area contributed by atoms with E-state index in [-0.39, 0.29) is 19.8 Å². The van der Waals surface area contributed by atoms with E-state index in [1.54, 1.807) is 7.05 Å². The summed E-state index contributed by atoms with van der Waals surface area (Å²) in [6, 6.07) is 0. The molecule has 0 saturated carbocycles. The van der Waals surface area contributed by atoms with E-state index in [1.807, 2.05) is 0 Å². The van der Waals surface area contributed by atoms with E-state index in [1.165, 1.54) is 11.0 Å². The Morgan fingerprint density at radius 1 is 1.82 bits per heavy atom. The van der Waals surface area contributed by atoms with Crippen molar-refractivity contribution >= 4 is 6.09 Å². The van der Waals surface area contributed by atoms with Gasteiger partial charge in [0.2, 0.25) is 0 Å². The third-order valence-corrected chi connectivity index (χ3v) is 1.07. The molecule has 0 saturated heterocycles. The first-order valence-electron chi connectivity index (χ1n) is 3.32. The van der Waals surface area contributed by atoms with Gasteiger partial charge in [0.25, 0.3) is 0 Å². The Hall–Kier alpha value is -1.03. The molecule has 11 heavy (non-hydrogen) atoms. The molecule has 0 aromatic heterocycles. The molecule has 4 heteroatoms. The van der Waals surface area contributed by atoms with Gasteiger partial charge >= 0.3 is 6.09 Å². The molecule has 0 atom stereocenters. The molecule has 64 valence electrons. The van der Waals surface area contributed by atoms with Gasteiger partial charge in [-0.05, 0) is 0 Å². The number of hydrogen-bond donors (Lipinski definition) is 1. The Bertz CT molecular complexity index is 136. The summed E-state index contributed by atoms with van der Waals surface area (Å²) < 4.78 is 4.66. The van der Waals surface area contributed by atoms with Crippen LogP contribution in [0.1, 0.15) is 0 Å². The molecule has 0 aromatic rings. The number of carbonyl (C=O) groups excluding carboxylic acids is 1. The van der Waals surface area contributed by atoms with Crippen molar-refractivity contribution in [1.82, 2.24) is 4.90 Å². The lowest BCUT2D eigenvalue weighted by atomic mass is 10.6. The van der Waals surface area contributed by atoms with Crippen LogP contribution in [-0.4, -0.2) is 42.9 Å². The molecular formula is C7H13NO3. The van der Waals surface area contributed by atoms with Crippen molar-refractivity contribution in [3.63, 3.8) is 0 Å². The number of ether oxygens (including phenoxy) is 1. The Morgan fingerprint density at radius 3 is 2.91 bits per heavy atom. The molecule has 0 unspecified atom stereocenters. The summed E-state index contributed by atoms with van der Waals surface area (Å²) in [5.74, 6) is 0. The lowest BCUT2D eigenvalue weighted by molar-refractivity contribution is 0.113. The van der Waals surface area contributed by atoms with Crippen LogP contribution >= 0.6 is 0 Å². The van der Waals surface area contributed by atoms with E-state index >= 15 is 0 Å². The number of hydrogen-bond acceptors (Lipinski definition) is 3. The van der Waals surface area contributed by atoms with Crippen LogP contribution in [-0.2, 0) is 4.74 Å². The summed E-state index contributed by atoms with van der Waals surface area (Å²) in [6.45, 7) is 3.83. The normalized spacial score (nSPS) is 8.91. The first-order valence-corrected chi connectivity index (χ1v) is 3.32. The summed E-state index contributed by atoms with van der Waals surface area (Å²) in [4.78, 5) is 12.1. The molecule has 0 bridgehead atoms. The molecule has 0 spiro atoms. The fourth-order valence-corrected chi connectivity index (χ4v) is 0.482. The number of aliphatic hydroxyl groups is 1. The number of amides is 1. The monoisotopic (exact) mass is 159 g/mol. The fourth-order valence-electron chi connectivity index (χ4n) is 0.482. The van der Waals surface area contributed by atoms with E-state index in [2.05, 4.69) is 11.3 Å². The third-order valence-electron chi connectivity index (χ3n) is 1.07. The van der Waals surface area contributed by atoms with E-state index in [4.69, 9.17) is 5.11 Å². The van der Waals surface area contributed by atoms with Crippen LogP contribution in [0, 0.1) is 0 Å². The number of likely N-dealkylation sites (N-methyl/N-ethyl adjacent to an activating group) is 1. The van der Waals surface area contributed by atoms with Gasteiger partial charge in [-0.15, -0.1) is 0 Å². The molecule has 0 rings (SSSR count). The standard InChI is InChI=1S/C7H13NO3/c1-3-6-11-7(10)8(2)4-5-9/h3,9H,1,4-6H2,2H3. The van der Waals surface area contributed by atoms with Gasteiger partial charge in [-0.2, -0.15) is 0 Å². The van der Waals surface area contributed by atoms with Crippen LogP contribution in [0.4, 0.5) is 4.79 Å². The maximum Gasteiger partial charge on any atom is 0.409 e. The molecule has 0 aromatic carbocycles. The van der Waals surface area contributed by atoms with Gasteiger partial charge in [-0.3, -0.25) is 0 Å². The molecule has 0 radical (unpaired) electrons. The van der Waals surface area contributed by atoms with Gasteiger partial charge in [-0.25, -0.2) is 4.79 Å². The topological polar surface area (TPSA) is 49.8 Å². The van der Waals surface area contributed by atoms with Crippen molar-refractivity contribution in [2.75, 3.05) is 26.8 Å². The molecule has 1 N–H and O–H groups in total. The van der Waals surface area contributed by atoms with Crippen molar-refractivity contribution in [3.8, 4) is 0 Å². The molecular weight excluding hydrogens is 146 g/mol. The largest absolute Gasteiger partial charge is 0.445 e. The number of carbonyl (C=O) groups is 1. The van der Waals surface area contributed by atoms with E-state index in [9.17, 15) is 4.79 Å². The van der Waals surface area contributed by atoms with Crippen molar-refractivity contribution < 1.29 is 14.6 Å². The first kappa shape index (κ1) is 9.97. The summed E-state index contributed by atoms with van der Waals surface area (Å²) in [5.41, 5.74) is 0. The van der Waals surface area contributed by atoms with E-state index in [0.29, 0.717) is 0 Å². The Kier molecular flexibility index (Phi) is 5.20. The minimum atomic E-state index is -0.445. The zero-order valence-corrected chi connectivity index (χ0v) is 6.62. The van der Waals surface area contributed by atoms with Gasteiger partial charge < -0.3 is 14.7 Å². The minimum absolute atomic E-state index is 0.0559. The molecule has 0 fully saturated rings. The van der Waals surface area contributed by atoms with Crippen LogP contribution in [0.3, 0.4) is 0 Å². The molecule has 0 aliphatic rings. The molecule has 0 aliphatic carbocycles. The number of aliphatic hydroxyl groups excluding tert-OH is 1. The van der Waals surface area contributed by atoms with Crippen LogP contribution in [0.15, 0.2) is 12.7 Å². The maximum atomic E-state index is 10.8. The number of nitrogens with zero attached hydrogens (tertiary/aromatic N) is 1. The molecule has 0 aliphatic heterocycles. The SMILES string of the molecule is C=CCOC(=O)N(C)CCO. The lowest BCUT2D eigenvalue weighted by Crippen LogP contribution is -2.30. The van der Waals surface area contributed by atoms with Crippen molar-refractivity contribution in [2.45, 2.75) is 0 Å². The first-order chi connectivity index (χ1) is 5.22. The summed E-state index contributed by atoms with van der Waals surface area (Å²) in [5, 5.41) is 8.44. The predicted molar refractivity (Wildman–Crippen MR) is 41.3 cm³/mol. The van der Waals surface area contributed by atoms with Gasteiger partial charge in [-0.1, -0.05) is 12.7 Å². The van der Waals surface area contributed by atoms with Crippen molar-refractivity contribution in [1.29, 1.82) is 0 Å². The Labute approximate surface area is 66.1 Å². The second kappa shape index (κ2) is 5.73. The summed E-state index contributed by atoms with van der Waals surface area (Å²) in [7, 11) is 1.56. The Balaban J connectivity index is 3.54. The van der Waals surface area contributed by atoms with Gasteiger partial charge in [0, 0.05) is 13.6 Å². The van der Waals surface area contributed by atoms with Crippen LogP contribution in [0.25, 0.3) is 0 Å². The highest BCUT2D eigenvalue weighted by Crippen LogP contribution is 1.88. The quantitative estimate of drug-likeness (QED) is 0.597. The third kappa shape index (κ3) is 4.38. The zero-order chi connectivity index (χ0) is 8.69. The van der Waals surface area contributed by atoms with Crippen LogP contribution in [0.2, 0.25) is 0 Å². The summed E-state index contributed by atoms with van der Waals surface area (Å²) >= 11 is 0. The number of rotatable bonds is 4. The second-order valence-corrected chi connectivity index (χ2v) is 2.01. The van der Waals surface area contributed by atoms with Crippen molar-refractivity contribution in [3.05, 3.63) is 12.7 Å². The maximum absolute atomic E-state index is 10.8. The second-order valence-electron chi connectivity index (χ2n) is 2.01. The van der Waals surface area contributed by atoms with E-state index in [0.717, 1.165) is 0 Å². The molecule has 0 heterocycles. The highest BCUT2D eigenvalue weighted by Gasteiger charge is 2.06.